The Morgan fingerprint density at radius 3 is 2.59 bits per heavy atom. The van der Waals surface area contributed by atoms with Gasteiger partial charge in [0.1, 0.15) is 0 Å². The summed E-state index contributed by atoms with van der Waals surface area (Å²) in [6.45, 7) is 5.38. The van der Waals surface area contributed by atoms with E-state index in [2.05, 4.69) is 15.3 Å². The summed E-state index contributed by atoms with van der Waals surface area (Å²) in [4.78, 5) is 18.8. The van der Waals surface area contributed by atoms with Crippen molar-refractivity contribution in [3.63, 3.8) is 0 Å². The van der Waals surface area contributed by atoms with Gasteiger partial charge in [0.25, 0.3) is 0 Å². The average molecular weight is 258 g/mol. The van der Waals surface area contributed by atoms with Crippen LogP contribution in [-0.2, 0) is 4.79 Å². The van der Waals surface area contributed by atoms with Crippen molar-refractivity contribution >= 4 is 29.0 Å². The summed E-state index contributed by atoms with van der Waals surface area (Å²) in [5, 5.41) is 3.14. The molecule has 1 rings (SSSR count). The van der Waals surface area contributed by atoms with Crippen molar-refractivity contribution in [2.75, 3.05) is 11.1 Å². The fraction of sp³-hybridized carbons (Fsp3) is 0.500. The molecule has 0 aliphatic carbocycles. The molecular formula is C10H16ClN5O. The average Bonchev–Trinajstić information content (AvgIpc) is 2.10. The molecule has 1 aromatic rings. The number of amides is 1. The zero-order valence-corrected chi connectivity index (χ0v) is 10.8. The number of rotatable bonds is 4. The first-order valence-corrected chi connectivity index (χ1v) is 5.45. The van der Waals surface area contributed by atoms with Gasteiger partial charge < -0.3 is 16.8 Å². The summed E-state index contributed by atoms with van der Waals surface area (Å²) in [5.41, 5.74) is 11.4. The molecular weight excluding hydrogens is 242 g/mol. The molecule has 1 amide bonds. The minimum Gasteiger partial charge on any atom is -0.394 e. The molecule has 17 heavy (non-hydrogen) atoms. The molecule has 1 heterocycles. The summed E-state index contributed by atoms with van der Waals surface area (Å²) in [7, 11) is 0. The van der Waals surface area contributed by atoms with Crippen molar-refractivity contribution < 1.29 is 4.79 Å². The zero-order valence-electron chi connectivity index (χ0n) is 10.0. The van der Waals surface area contributed by atoms with Gasteiger partial charge in [-0.15, -0.1) is 0 Å². The highest BCUT2D eigenvalue weighted by molar-refractivity contribution is 6.28. The Bertz CT molecular complexity index is 447. The monoisotopic (exact) mass is 257 g/mol. The Hall–Kier alpha value is -1.56. The molecule has 0 aliphatic rings. The Morgan fingerprint density at radius 2 is 2.06 bits per heavy atom. The first-order valence-electron chi connectivity index (χ1n) is 5.07. The predicted molar refractivity (Wildman–Crippen MR) is 67.7 cm³/mol. The fourth-order valence-corrected chi connectivity index (χ4v) is 1.65. The number of aryl methyl sites for hydroxylation is 1. The number of anilines is 2. The van der Waals surface area contributed by atoms with Crippen LogP contribution in [0.4, 0.5) is 11.5 Å². The van der Waals surface area contributed by atoms with Gasteiger partial charge in [0.2, 0.25) is 11.2 Å². The van der Waals surface area contributed by atoms with Gasteiger partial charge in [0, 0.05) is 12.0 Å². The number of carbonyl (C=O) groups excluding carboxylic acids is 1. The second kappa shape index (κ2) is 4.75. The first kappa shape index (κ1) is 13.5. The van der Waals surface area contributed by atoms with Gasteiger partial charge in [0.15, 0.2) is 5.82 Å². The Morgan fingerprint density at radius 1 is 1.47 bits per heavy atom. The van der Waals surface area contributed by atoms with Crippen molar-refractivity contribution in [2.45, 2.75) is 32.7 Å². The van der Waals surface area contributed by atoms with Crippen molar-refractivity contribution in [3.8, 4) is 0 Å². The summed E-state index contributed by atoms with van der Waals surface area (Å²) in [5.74, 6) is 0.00620. The van der Waals surface area contributed by atoms with Crippen LogP contribution < -0.4 is 16.8 Å². The van der Waals surface area contributed by atoms with Crippen LogP contribution in [0, 0.1) is 6.92 Å². The normalized spacial score (nSPS) is 11.3. The van der Waals surface area contributed by atoms with E-state index in [1.165, 1.54) is 0 Å². The Balaban J connectivity index is 2.98. The van der Waals surface area contributed by atoms with Crippen molar-refractivity contribution in [2.24, 2.45) is 5.73 Å². The quantitative estimate of drug-likeness (QED) is 0.700. The third-order valence-electron chi connectivity index (χ3n) is 2.18. The number of carbonyl (C=O) groups is 1. The SMILES string of the molecule is Cc1nc(Cl)nc(NC(C)(C)CC(N)=O)c1N. The molecule has 1 aromatic heterocycles. The Labute approximate surface area is 105 Å². The number of nitrogens with two attached hydrogens (primary N) is 2. The number of nitrogens with one attached hydrogen (secondary N) is 1. The number of nitrogen functional groups attached to an aromatic ring is 1. The van der Waals surface area contributed by atoms with Crippen LogP contribution in [0.5, 0.6) is 0 Å². The minimum atomic E-state index is -0.552. The van der Waals surface area contributed by atoms with Gasteiger partial charge in [-0.2, -0.15) is 4.98 Å². The van der Waals surface area contributed by atoms with E-state index < -0.39 is 11.4 Å². The highest BCUT2D eigenvalue weighted by atomic mass is 35.5. The highest BCUT2D eigenvalue weighted by Gasteiger charge is 2.22. The molecule has 0 saturated carbocycles. The fourth-order valence-electron chi connectivity index (χ4n) is 1.44. The molecule has 0 bridgehead atoms. The van der Waals surface area contributed by atoms with E-state index in [-0.39, 0.29) is 11.7 Å². The second-order valence-corrected chi connectivity index (χ2v) is 4.83. The predicted octanol–water partition coefficient (Wildman–Crippen LogP) is 1.09. The molecule has 0 aromatic carbocycles. The summed E-state index contributed by atoms with van der Waals surface area (Å²) in [6, 6.07) is 0. The molecule has 0 atom stereocenters. The third-order valence-corrected chi connectivity index (χ3v) is 2.35. The van der Waals surface area contributed by atoms with Crippen LogP contribution in [0.1, 0.15) is 26.0 Å². The molecule has 6 nitrogen and oxygen atoms in total. The lowest BCUT2D eigenvalue weighted by molar-refractivity contribution is -0.118. The molecule has 0 saturated heterocycles. The minimum absolute atomic E-state index is 0.106. The molecule has 0 fully saturated rings. The second-order valence-electron chi connectivity index (χ2n) is 4.49. The largest absolute Gasteiger partial charge is 0.394 e. The van der Waals surface area contributed by atoms with Gasteiger partial charge >= 0.3 is 0 Å². The van der Waals surface area contributed by atoms with Crippen molar-refractivity contribution in [3.05, 3.63) is 11.0 Å². The number of halogens is 1. The molecule has 0 radical (unpaired) electrons. The van der Waals surface area contributed by atoms with E-state index in [0.29, 0.717) is 17.2 Å². The molecule has 7 heteroatoms. The van der Waals surface area contributed by atoms with E-state index in [4.69, 9.17) is 23.1 Å². The number of primary amides is 1. The van der Waals surface area contributed by atoms with E-state index >= 15 is 0 Å². The number of hydrogen-bond acceptors (Lipinski definition) is 5. The van der Waals surface area contributed by atoms with Crippen LogP contribution in [0.25, 0.3) is 0 Å². The van der Waals surface area contributed by atoms with Crippen LogP contribution in [0.3, 0.4) is 0 Å². The van der Waals surface area contributed by atoms with Gasteiger partial charge in [0.05, 0.1) is 11.4 Å². The molecule has 94 valence electrons. The lowest BCUT2D eigenvalue weighted by Gasteiger charge is -2.26. The van der Waals surface area contributed by atoms with E-state index in [1.54, 1.807) is 6.92 Å². The summed E-state index contributed by atoms with van der Waals surface area (Å²) in [6.07, 6.45) is 0.160. The van der Waals surface area contributed by atoms with Crippen LogP contribution in [0.2, 0.25) is 5.28 Å². The van der Waals surface area contributed by atoms with Crippen LogP contribution >= 0.6 is 11.6 Å². The molecule has 0 aliphatic heterocycles. The van der Waals surface area contributed by atoms with Crippen LogP contribution in [0.15, 0.2) is 0 Å². The number of hydrogen-bond donors (Lipinski definition) is 3. The summed E-state index contributed by atoms with van der Waals surface area (Å²) >= 11 is 5.75. The van der Waals surface area contributed by atoms with Gasteiger partial charge in [-0.1, -0.05) is 0 Å². The lowest BCUT2D eigenvalue weighted by atomic mass is 10.0. The highest BCUT2D eigenvalue weighted by Crippen LogP contribution is 2.24. The standard InChI is InChI=1S/C10H16ClN5O/c1-5-7(13)8(15-9(11)14-5)16-10(2,3)4-6(12)17/h4,13H2,1-3H3,(H2,12,17)(H,14,15,16). The van der Waals surface area contributed by atoms with Crippen molar-refractivity contribution in [1.82, 2.24) is 9.97 Å². The molecule has 0 unspecified atom stereocenters. The molecule has 5 N–H and O–H groups in total. The van der Waals surface area contributed by atoms with E-state index in [0.717, 1.165) is 0 Å². The smallest absolute Gasteiger partial charge is 0.224 e. The third kappa shape index (κ3) is 3.74. The number of nitrogens with zero attached hydrogens (tertiary/aromatic N) is 2. The van der Waals surface area contributed by atoms with E-state index in [9.17, 15) is 4.79 Å². The maximum Gasteiger partial charge on any atom is 0.224 e. The van der Waals surface area contributed by atoms with Gasteiger partial charge in [-0.25, -0.2) is 4.98 Å². The van der Waals surface area contributed by atoms with Crippen LogP contribution in [-0.4, -0.2) is 21.4 Å². The van der Waals surface area contributed by atoms with Crippen molar-refractivity contribution in [1.29, 1.82) is 0 Å². The Kier molecular flexibility index (Phi) is 3.77. The maximum absolute atomic E-state index is 10.9. The topological polar surface area (TPSA) is 107 Å². The molecule has 0 spiro atoms. The summed E-state index contributed by atoms with van der Waals surface area (Å²) < 4.78 is 0. The lowest BCUT2D eigenvalue weighted by Crippen LogP contribution is -2.36. The zero-order chi connectivity index (χ0) is 13.2. The number of aromatic nitrogens is 2. The van der Waals surface area contributed by atoms with Gasteiger partial charge in [-0.05, 0) is 32.4 Å². The van der Waals surface area contributed by atoms with Gasteiger partial charge in [-0.3, -0.25) is 4.79 Å². The van der Waals surface area contributed by atoms with E-state index in [1.807, 2.05) is 13.8 Å². The maximum atomic E-state index is 10.9. The first-order chi connectivity index (χ1) is 7.71.